The van der Waals surface area contributed by atoms with Gasteiger partial charge >= 0.3 is 0 Å². The zero-order chi connectivity index (χ0) is 11.8. The minimum absolute atomic E-state index is 0.0509. The second-order valence-corrected chi connectivity index (χ2v) is 4.84. The van der Waals surface area contributed by atoms with E-state index < -0.39 is 0 Å². The highest BCUT2D eigenvalue weighted by Crippen LogP contribution is 2.38. The quantitative estimate of drug-likeness (QED) is 0.786. The topological polar surface area (TPSA) is 72.1 Å². The van der Waals surface area contributed by atoms with Crippen LogP contribution in [-0.4, -0.2) is 33.4 Å². The van der Waals surface area contributed by atoms with Crippen molar-refractivity contribution in [1.29, 1.82) is 0 Å². The summed E-state index contributed by atoms with van der Waals surface area (Å²) < 4.78 is 0. The van der Waals surface area contributed by atoms with Crippen molar-refractivity contribution in [2.75, 3.05) is 12.3 Å². The van der Waals surface area contributed by atoms with Gasteiger partial charge in [-0.2, -0.15) is 0 Å². The second kappa shape index (κ2) is 3.98. The summed E-state index contributed by atoms with van der Waals surface area (Å²) in [4.78, 5) is 22.3. The molecule has 1 aliphatic carbocycles. The van der Waals surface area contributed by atoms with E-state index >= 15 is 0 Å². The lowest BCUT2D eigenvalue weighted by Crippen LogP contribution is -2.36. The molecule has 2 atom stereocenters. The van der Waals surface area contributed by atoms with Crippen molar-refractivity contribution >= 4 is 11.7 Å². The Morgan fingerprint density at radius 1 is 1.29 bits per heavy atom. The van der Waals surface area contributed by atoms with Gasteiger partial charge in [0.05, 0.1) is 0 Å². The van der Waals surface area contributed by atoms with Gasteiger partial charge in [0.2, 0.25) is 0 Å². The molecule has 3 rings (SSSR count). The van der Waals surface area contributed by atoms with Gasteiger partial charge < -0.3 is 10.6 Å². The van der Waals surface area contributed by atoms with Gasteiger partial charge in [-0.1, -0.05) is 6.42 Å². The smallest absolute Gasteiger partial charge is 0.276 e. The summed E-state index contributed by atoms with van der Waals surface area (Å²) in [5.74, 6) is 0.876. The summed E-state index contributed by atoms with van der Waals surface area (Å²) >= 11 is 0. The fraction of sp³-hybridized carbons (Fsp3) is 0.583. The average molecular weight is 232 g/mol. The lowest BCUT2D eigenvalue weighted by molar-refractivity contribution is 0.0723. The number of hydrogen-bond acceptors (Lipinski definition) is 4. The molecular formula is C12H16N4O. The number of anilines is 1. The molecule has 17 heavy (non-hydrogen) atoms. The van der Waals surface area contributed by atoms with E-state index in [0.717, 1.165) is 19.4 Å². The predicted octanol–water partition coefficient (Wildman–Crippen LogP) is 1.07. The normalized spacial score (nSPS) is 27.2. The molecule has 1 aromatic rings. The minimum Gasteiger partial charge on any atom is -0.382 e. The lowest BCUT2D eigenvalue weighted by atomic mass is 10.0. The first kappa shape index (κ1) is 10.5. The third-order valence-corrected chi connectivity index (χ3v) is 3.95. The van der Waals surface area contributed by atoms with Crippen molar-refractivity contribution in [1.82, 2.24) is 14.9 Å². The van der Waals surface area contributed by atoms with Crippen LogP contribution in [0.3, 0.4) is 0 Å². The van der Waals surface area contributed by atoms with Crippen molar-refractivity contribution in [2.45, 2.75) is 31.7 Å². The number of nitrogens with two attached hydrogens (primary N) is 1. The van der Waals surface area contributed by atoms with Crippen LogP contribution >= 0.6 is 0 Å². The Labute approximate surface area is 100 Å². The van der Waals surface area contributed by atoms with E-state index in [1.165, 1.54) is 25.2 Å². The van der Waals surface area contributed by atoms with Crippen LogP contribution in [0.15, 0.2) is 12.4 Å². The Balaban J connectivity index is 1.85. The number of carbonyl (C=O) groups is 1. The molecule has 1 aromatic heterocycles. The molecule has 2 unspecified atom stereocenters. The standard InChI is InChI=1S/C12H16N4O/c13-11-10(14-5-6-15-11)12(17)16-7-4-8-2-1-3-9(8)16/h5-6,8-9H,1-4,7H2,(H2,13,15). The Morgan fingerprint density at radius 3 is 2.94 bits per heavy atom. The Bertz CT molecular complexity index is 448. The van der Waals surface area contributed by atoms with Crippen molar-refractivity contribution in [3.8, 4) is 0 Å². The number of nitrogen functional groups attached to an aromatic ring is 1. The zero-order valence-electron chi connectivity index (χ0n) is 9.67. The summed E-state index contributed by atoms with van der Waals surface area (Å²) in [7, 11) is 0. The van der Waals surface area contributed by atoms with E-state index in [1.54, 1.807) is 0 Å². The van der Waals surface area contributed by atoms with Crippen LogP contribution in [-0.2, 0) is 0 Å². The molecule has 5 nitrogen and oxygen atoms in total. The molecule has 2 fully saturated rings. The molecule has 0 radical (unpaired) electrons. The van der Waals surface area contributed by atoms with Gasteiger partial charge in [-0.15, -0.1) is 0 Å². The SMILES string of the molecule is Nc1nccnc1C(=O)N1CCC2CCCC21. The van der Waals surface area contributed by atoms with Gasteiger partial charge in [0.15, 0.2) is 11.5 Å². The van der Waals surface area contributed by atoms with Crippen LogP contribution in [0.25, 0.3) is 0 Å². The second-order valence-electron chi connectivity index (χ2n) is 4.84. The molecule has 2 heterocycles. The number of hydrogen-bond donors (Lipinski definition) is 1. The maximum atomic E-state index is 12.4. The molecule has 1 aliphatic heterocycles. The Hall–Kier alpha value is -1.65. The number of rotatable bonds is 1. The molecule has 1 saturated heterocycles. The third-order valence-electron chi connectivity index (χ3n) is 3.95. The van der Waals surface area contributed by atoms with Crippen molar-refractivity contribution in [2.24, 2.45) is 5.92 Å². The average Bonchev–Trinajstić information content (AvgIpc) is 2.90. The number of aromatic nitrogens is 2. The van der Waals surface area contributed by atoms with E-state index in [0.29, 0.717) is 17.7 Å². The molecule has 5 heteroatoms. The van der Waals surface area contributed by atoms with E-state index in [-0.39, 0.29) is 11.7 Å². The van der Waals surface area contributed by atoms with Crippen LogP contribution < -0.4 is 5.73 Å². The highest BCUT2D eigenvalue weighted by Gasteiger charge is 2.40. The zero-order valence-corrected chi connectivity index (χ0v) is 9.67. The van der Waals surface area contributed by atoms with Crippen LogP contribution in [0.5, 0.6) is 0 Å². The van der Waals surface area contributed by atoms with Gasteiger partial charge in [-0.3, -0.25) is 4.79 Å². The summed E-state index contributed by atoms with van der Waals surface area (Å²) in [6.07, 6.45) is 7.76. The van der Waals surface area contributed by atoms with Gasteiger partial charge in [-0.25, -0.2) is 9.97 Å². The number of nitrogens with zero attached hydrogens (tertiary/aromatic N) is 3. The van der Waals surface area contributed by atoms with E-state index in [4.69, 9.17) is 5.73 Å². The molecule has 1 saturated carbocycles. The minimum atomic E-state index is -0.0509. The van der Waals surface area contributed by atoms with E-state index in [1.807, 2.05) is 4.90 Å². The monoisotopic (exact) mass is 232 g/mol. The number of fused-ring (bicyclic) bond motifs is 1. The number of amides is 1. The molecule has 1 amide bonds. The fourth-order valence-corrected chi connectivity index (χ4v) is 3.14. The molecule has 0 bridgehead atoms. The summed E-state index contributed by atoms with van der Waals surface area (Å²) in [5, 5.41) is 0. The molecule has 2 N–H and O–H groups in total. The van der Waals surface area contributed by atoms with Crippen molar-refractivity contribution in [3.63, 3.8) is 0 Å². The van der Waals surface area contributed by atoms with Gasteiger partial charge in [0.25, 0.3) is 5.91 Å². The maximum Gasteiger partial charge on any atom is 0.276 e. The van der Waals surface area contributed by atoms with E-state index in [9.17, 15) is 4.79 Å². The van der Waals surface area contributed by atoms with Crippen LogP contribution in [0, 0.1) is 5.92 Å². The van der Waals surface area contributed by atoms with Crippen LogP contribution in [0.2, 0.25) is 0 Å². The fourth-order valence-electron chi connectivity index (χ4n) is 3.14. The van der Waals surface area contributed by atoms with Gasteiger partial charge in [0.1, 0.15) is 0 Å². The molecule has 0 aromatic carbocycles. The van der Waals surface area contributed by atoms with E-state index in [2.05, 4.69) is 9.97 Å². The Kier molecular flexibility index (Phi) is 2.46. The first-order valence-corrected chi connectivity index (χ1v) is 6.15. The first-order chi connectivity index (χ1) is 8.27. The molecule has 90 valence electrons. The highest BCUT2D eigenvalue weighted by atomic mass is 16.2. The predicted molar refractivity (Wildman–Crippen MR) is 63.2 cm³/mol. The lowest BCUT2D eigenvalue weighted by Gasteiger charge is -2.23. The molecule has 0 spiro atoms. The largest absolute Gasteiger partial charge is 0.382 e. The van der Waals surface area contributed by atoms with Crippen molar-refractivity contribution in [3.05, 3.63) is 18.1 Å². The third kappa shape index (κ3) is 1.66. The summed E-state index contributed by atoms with van der Waals surface area (Å²) in [6.45, 7) is 0.837. The summed E-state index contributed by atoms with van der Waals surface area (Å²) in [5.41, 5.74) is 6.01. The van der Waals surface area contributed by atoms with Crippen LogP contribution in [0.1, 0.15) is 36.2 Å². The van der Waals surface area contributed by atoms with Gasteiger partial charge in [-0.05, 0) is 25.2 Å². The number of carbonyl (C=O) groups excluding carboxylic acids is 1. The first-order valence-electron chi connectivity index (χ1n) is 6.15. The molecule has 2 aliphatic rings. The van der Waals surface area contributed by atoms with Gasteiger partial charge in [0, 0.05) is 25.0 Å². The molecular weight excluding hydrogens is 216 g/mol. The Morgan fingerprint density at radius 2 is 2.12 bits per heavy atom. The van der Waals surface area contributed by atoms with Crippen molar-refractivity contribution < 1.29 is 4.79 Å². The van der Waals surface area contributed by atoms with Crippen LogP contribution in [0.4, 0.5) is 5.82 Å². The maximum absolute atomic E-state index is 12.4. The summed E-state index contributed by atoms with van der Waals surface area (Å²) in [6, 6.07) is 0.406. The number of likely N-dealkylation sites (tertiary alicyclic amines) is 1. The highest BCUT2D eigenvalue weighted by molar-refractivity contribution is 5.96.